The number of hydrazine groups is 1. The third-order valence-corrected chi connectivity index (χ3v) is 7.36. The van der Waals surface area contributed by atoms with E-state index in [-0.39, 0.29) is 18.2 Å². The summed E-state index contributed by atoms with van der Waals surface area (Å²) in [4.78, 5) is 21.4. The van der Waals surface area contributed by atoms with Crippen LogP contribution in [0.3, 0.4) is 0 Å². The van der Waals surface area contributed by atoms with E-state index in [2.05, 4.69) is 27.0 Å². The molecule has 0 bridgehead atoms. The average Bonchev–Trinajstić information content (AvgIpc) is 3.49. The predicted octanol–water partition coefficient (Wildman–Crippen LogP) is 4.97. The number of nitrogens with one attached hydrogen (secondary N) is 1. The maximum absolute atomic E-state index is 12.7. The molecule has 1 aromatic heterocycles. The van der Waals surface area contributed by atoms with Gasteiger partial charge in [-0.3, -0.25) is 15.1 Å². The van der Waals surface area contributed by atoms with Crippen molar-refractivity contribution in [1.82, 2.24) is 25.4 Å². The molecule has 1 fully saturated rings. The second-order valence-electron chi connectivity index (χ2n) is 10.1. The smallest absolute Gasteiger partial charge is 0.281 e. The average molecular weight is 638 g/mol. The zero-order valence-corrected chi connectivity index (χ0v) is 25.6. The number of phenols is 1. The normalized spacial score (nSPS) is 13.7. The fourth-order valence-electron chi connectivity index (χ4n) is 4.82. The summed E-state index contributed by atoms with van der Waals surface area (Å²) >= 11 is 6.02. The van der Waals surface area contributed by atoms with Gasteiger partial charge in [0.1, 0.15) is 23.8 Å². The topological polar surface area (TPSA) is 130 Å². The summed E-state index contributed by atoms with van der Waals surface area (Å²) in [5.41, 5.74) is 5.73. The highest BCUT2D eigenvalue weighted by Gasteiger charge is 2.24. The quantitative estimate of drug-likeness (QED) is 0.0686. The van der Waals surface area contributed by atoms with Gasteiger partial charge in [0, 0.05) is 42.3 Å². The number of aromatic hydroxyl groups is 1. The maximum Gasteiger partial charge on any atom is 0.281 e. The summed E-state index contributed by atoms with van der Waals surface area (Å²) in [6.07, 6.45) is 3.91. The van der Waals surface area contributed by atoms with E-state index in [0.29, 0.717) is 79.5 Å². The number of ether oxygens (including phenoxy) is 1. The summed E-state index contributed by atoms with van der Waals surface area (Å²) < 4.78 is 11.3. The minimum Gasteiger partial charge on any atom is -0.507 e. The zero-order valence-electron chi connectivity index (χ0n) is 24.0. The minimum absolute atomic E-state index is 0. The number of nitrogens with two attached hydrogens (primary N) is 1. The number of rotatable bonds is 11. The molecule has 1 amide bonds. The van der Waals surface area contributed by atoms with Gasteiger partial charge in [0.25, 0.3) is 5.91 Å². The fraction of sp³-hybridized carbons (Fsp3) is 0.219. The number of phenolic OH excluding ortho intramolecular Hbond substituents is 1. The maximum atomic E-state index is 12.7. The number of hydrogen-bond acceptors (Lipinski definition) is 9. The van der Waals surface area contributed by atoms with Crippen molar-refractivity contribution in [2.75, 3.05) is 26.2 Å². The van der Waals surface area contributed by atoms with Crippen LogP contribution in [0.5, 0.6) is 11.5 Å². The van der Waals surface area contributed by atoms with E-state index in [4.69, 9.17) is 26.7 Å². The molecule has 10 nitrogen and oxygen atoms in total. The summed E-state index contributed by atoms with van der Waals surface area (Å²) in [6, 6.07) is 20.5. The lowest BCUT2D eigenvalue weighted by molar-refractivity contribution is -0.119. The van der Waals surface area contributed by atoms with Gasteiger partial charge in [-0.1, -0.05) is 71.4 Å². The van der Waals surface area contributed by atoms with Gasteiger partial charge in [0.05, 0.1) is 6.54 Å². The molecule has 4 N–H and O–H groups in total. The molecule has 0 radical (unpaired) electrons. The van der Waals surface area contributed by atoms with Gasteiger partial charge < -0.3 is 19.3 Å². The molecule has 2 heterocycles. The first-order chi connectivity index (χ1) is 20.9. The molecular weight excluding hydrogens is 603 g/mol. The van der Waals surface area contributed by atoms with Crippen LogP contribution >= 0.6 is 24.0 Å². The molecule has 0 unspecified atom stereocenters. The molecule has 1 aliphatic rings. The van der Waals surface area contributed by atoms with Gasteiger partial charge in [0.15, 0.2) is 0 Å². The van der Waals surface area contributed by atoms with Crippen LogP contribution in [0.1, 0.15) is 22.6 Å². The molecule has 0 spiro atoms. The van der Waals surface area contributed by atoms with Crippen molar-refractivity contribution in [2.24, 2.45) is 5.84 Å². The fourth-order valence-corrected chi connectivity index (χ4v) is 5.00. The Balaban J connectivity index is 0.00000442. The highest BCUT2D eigenvalue weighted by Crippen LogP contribution is 2.27. The molecule has 230 valence electrons. The highest BCUT2D eigenvalue weighted by molar-refractivity contribution is 6.30. The van der Waals surface area contributed by atoms with Crippen LogP contribution in [-0.4, -0.2) is 57.1 Å². The number of amides is 1. The van der Waals surface area contributed by atoms with Crippen molar-refractivity contribution in [1.29, 1.82) is 0 Å². The number of piperazine rings is 1. The van der Waals surface area contributed by atoms with E-state index in [9.17, 15) is 9.90 Å². The molecule has 4 aromatic rings. The SMILES string of the molecule is C=CCc1cccc(C=C(C(=O)NN)N2CCN(Cc3nc(-c4ccc(COc5cccc(Cl)c5)cc4)no3)CC2)c1O.Cl. The second-order valence-corrected chi connectivity index (χ2v) is 10.5. The van der Waals surface area contributed by atoms with Crippen LogP contribution in [0, 0.1) is 0 Å². The molecule has 3 aromatic carbocycles. The van der Waals surface area contributed by atoms with Crippen LogP contribution in [0.4, 0.5) is 0 Å². The molecule has 12 heteroatoms. The molecule has 0 atom stereocenters. The lowest BCUT2D eigenvalue weighted by Gasteiger charge is -2.36. The van der Waals surface area contributed by atoms with Crippen LogP contribution in [0.2, 0.25) is 5.02 Å². The zero-order chi connectivity index (χ0) is 30.2. The lowest BCUT2D eigenvalue weighted by atomic mass is 10.0. The summed E-state index contributed by atoms with van der Waals surface area (Å²) in [6.45, 7) is 7.11. The molecule has 5 rings (SSSR count). The van der Waals surface area contributed by atoms with Crippen molar-refractivity contribution < 1.29 is 19.2 Å². The van der Waals surface area contributed by atoms with Gasteiger partial charge in [-0.2, -0.15) is 4.98 Å². The van der Waals surface area contributed by atoms with Gasteiger partial charge >= 0.3 is 0 Å². The number of halogens is 2. The van der Waals surface area contributed by atoms with Crippen molar-refractivity contribution in [2.45, 2.75) is 19.6 Å². The van der Waals surface area contributed by atoms with Crippen LogP contribution < -0.4 is 16.0 Å². The first-order valence-corrected chi connectivity index (χ1v) is 14.2. The Hall–Kier alpha value is -4.35. The Kier molecular flexibility index (Phi) is 11.4. The summed E-state index contributed by atoms with van der Waals surface area (Å²) in [7, 11) is 0. The number of carbonyl (C=O) groups is 1. The van der Waals surface area contributed by atoms with Crippen LogP contribution in [0.25, 0.3) is 17.5 Å². The van der Waals surface area contributed by atoms with Crippen molar-refractivity contribution in [3.05, 3.63) is 113 Å². The number of carbonyl (C=O) groups excluding carboxylic acids is 1. The van der Waals surface area contributed by atoms with E-state index in [1.54, 1.807) is 30.4 Å². The predicted molar refractivity (Wildman–Crippen MR) is 172 cm³/mol. The highest BCUT2D eigenvalue weighted by atomic mass is 35.5. The van der Waals surface area contributed by atoms with E-state index < -0.39 is 5.91 Å². The first-order valence-electron chi connectivity index (χ1n) is 13.9. The summed E-state index contributed by atoms with van der Waals surface area (Å²) in [5, 5.41) is 15.5. The lowest BCUT2D eigenvalue weighted by Crippen LogP contribution is -2.48. The second kappa shape index (κ2) is 15.4. The molecule has 1 saturated heterocycles. The number of aromatic nitrogens is 2. The number of para-hydroxylation sites is 1. The third kappa shape index (κ3) is 8.18. The number of nitrogens with zero attached hydrogens (tertiary/aromatic N) is 4. The Morgan fingerprint density at radius 1 is 1.11 bits per heavy atom. The monoisotopic (exact) mass is 636 g/mol. The molecule has 44 heavy (non-hydrogen) atoms. The molecule has 1 aliphatic heterocycles. The summed E-state index contributed by atoms with van der Waals surface area (Å²) in [5.74, 6) is 6.92. The number of benzene rings is 3. The van der Waals surface area contributed by atoms with Crippen LogP contribution in [0.15, 0.2) is 89.6 Å². The Labute approximate surface area is 267 Å². The standard InChI is InChI=1S/C32H33ClN6O4.ClH/c1-2-5-23-6-3-7-25(30(23)40)18-28(32(41)36-34)39-16-14-38(15-17-39)20-29-35-31(37-43-29)24-12-10-22(11-13-24)21-42-27-9-4-8-26(33)19-27;/h2-4,6-13,18-19,40H,1,5,14-17,20-21,34H2,(H,36,41);1H. The number of allylic oxidation sites excluding steroid dienone is 1. The largest absolute Gasteiger partial charge is 0.507 e. The van der Waals surface area contributed by atoms with E-state index in [1.165, 1.54) is 0 Å². The van der Waals surface area contributed by atoms with Gasteiger partial charge in [-0.25, -0.2) is 5.84 Å². The Morgan fingerprint density at radius 3 is 2.57 bits per heavy atom. The third-order valence-electron chi connectivity index (χ3n) is 7.12. The van der Waals surface area contributed by atoms with E-state index >= 15 is 0 Å². The minimum atomic E-state index is -0.425. The van der Waals surface area contributed by atoms with Crippen molar-refractivity contribution >= 4 is 36.0 Å². The van der Waals surface area contributed by atoms with E-state index in [1.807, 2.05) is 53.4 Å². The molecular formula is C32H34Cl2N6O4. The molecule has 0 saturated carbocycles. The van der Waals surface area contributed by atoms with Gasteiger partial charge in [-0.05, 0) is 41.8 Å². The van der Waals surface area contributed by atoms with Crippen molar-refractivity contribution in [3.63, 3.8) is 0 Å². The van der Waals surface area contributed by atoms with Gasteiger partial charge in [0.2, 0.25) is 11.7 Å². The molecule has 0 aliphatic carbocycles. The van der Waals surface area contributed by atoms with Crippen LogP contribution in [-0.2, 0) is 24.4 Å². The first kappa shape index (κ1) is 32.6. The Morgan fingerprint density at radius 2 is 1.86 bits per heavy atom. The van der Waals surface area contributed by atoms with Crippen molar-refractivity contribution in [3.8, 4) is 22.9 Å². The Bertz CT molecular complexity index is 1600. The van der Waals surface area contributed by atoms with Gasteiger partial charge in [-0.15, -0.1) is 19.0 Å². The van der Waals surface area contributed by atoms with E-state index in [0.717, 1.165) is 16.7 Å². The number of hydrogen-bond donors (Lipinski definition) is 3.